The summed E-state index contributed by atoms with van der Waals surface area (Å²) in [6, 6.07) is 8.10. The molecule has 2 rings (SSSR count). The van der Waals surface area contributed by atoms with Crippen LogP contribution in [0.15, 0.2) is 24.3 Å². The molecule has 0 amide bonds. The smallest absolute Gasteiger partial charge is 0.153 e. The van der Waals surface area contributed by atoms with Crippen molar-refractivity contribution in [1.29, 1.82) is 0 Å². The van der Waals surface area contributed by atoms with Gasteiger partial charge in [-0.15, -0.1) is 12.4 Å². The summed E-state index contributed by atoms with van der Waals surface area (Å²) in [4.78, 5) is 2.24. The predicted molar refractivity (Wildman–Crippen MR) is 96.3 cm³/mol. The molecule has 5 nitrogen and oxygen atoms in total. The van der Waals surface area contributed by atoms with Crippen LogP contribution in [-0.4, -0.2) is 57.6 Å². The van der Waals surface area contributed by atoms with E-state index in [0.29, 0.717) is 6.54 Å². The second-order valence-electron chi connectivity index (χ2n) is 5.91. The summed E-state index contributed by atoms with van der Waals surface area (Å²) in [5, 5.41) is 3.07. The number of sulfone groups is 1. The molecule has 1 saturated heterocycles. The topological polar surface area (TPSA) is 58.6 Å². The van der Waals surface area contributed by atoms with Crippen LogP contribution in [0, 0.1) is 0 Å². The predicted octanol–water partition coefficient (Wildman–Crippen LogP) is 1.89. The van der Waals surface area contributed by atoms with Gasteiger partial charge in [-0.3, -0.25) is 4.90 Å². The number of benzene rings is 1. The minimum Gasteiger partial charge on any atom is -0.496 e. The second kappa shape index (κ2) is 8.87. The van der Waals surface area contributed by atoms with E-state index in [1.165, 1.54) is 0 Å². The van der Waals surface area contributed by atoms with Gasteiger partial charge in [0, 0.05) is 31.7 Å². The summed E-state index contributed by atoms with van der Waals surface area (Å²) in [5.74, 6) is 1.06. The van der Waals surface area contributed by atoms with E-state index in [0.717, 1.165) is 30.9 Å². The van der Waals surface area contributed by atoms with E-state index in [1.54, 1.807) is 21.0 Å². The van der Waals surface area contributed by atoms with E-state index in [9.17, 15) is 8.42 Å². The van der Waals surface area contributed by atoms with Gasteiger partial charge in [0.2, 0.25) is 0 Å². The highest BCUT2D eigenvalue weighted by molar-refractivity contribution is 7.92. The van der Waals surface area contributed by atoms with Gasteiger partial charge < -0.3 is 10.1 Å². The number of ether oxygens (including phenoxy) is 1. The molecule has 1 N–H and O–H groups in total. The molecule has 0 radical (unpaired) electrons. The second-order valence-corrected chi connectivity index (χ2v) is 8.59. The van der Waals surface area contributed by atoms with Crippen molar-refractivity contribution in [2.75, 3.05) is 39.0 Å². The molecule has 7 heteroatoms. The monoisotopic (exact) mass is 362 g/mol. The lowest BCUT2D eigenvalue weighted by Gasteiger charge is -2.37. The van der Waals surface area contributed by atoms with E-state index < -0.39 is 9.84 Å². The van der Waals surface area contributed by atoms with E-state index in [1.807, 2.05) is 18.2 Å². The molecule has 0 aromatic heterocycles. The summed E-state index contributed by atoms with van der Waals surface area (Å²) in [7, 11) is -1.34. The first kappa shape index (κ1) is 20.2. The highest BCUT2D eigenvalue weighted by atomic mass is 35.5. The number of nitrogens with one attached hydrogen (secondary N) is 1. The summed E-state index contributed by atoms with van der Waals surface area (Å²) >= 11 is 0. The molecule has 1 unspecified atom stereocenters. The van der Waals surface area contributed by atoms with Gasteiger partial charge in [-0.2, -0.15) is 0 Å². The highest BCUT2D eigenvalue weighted by Gasteiger charge is 2.27. The minimum absolute atomic E-state index is 0. The van der Waals surface area contributed by atoms with Gasteiger partial charge in [0.05, 0.1) is 24.2 Å². The quantitative estimate of drug-likeness (QED) is 0.837. The maximum Gasteiger partial charge on any atom is 0.153 e. The van der Waals surface area contributed by atoms with Crippen LogP contribution in [0.25, 0.3) is 0 Å². The molecule has 1 aliphatic heterocycles. The fourth-order valence-electron chi connectivity index (χ4n) is 2.74. The first-order valence-corrected chi connectivity index (χ1v) is 9.46. The van der Waals surface area contributed by atoms with Gasteiger partial charge in [-0.05, 0) is 19.9 Å². The molecule has 1 aromatic carbocycles. The third-order valence-corrected chi connectivity index (χ3v) is 6.42. The largest absolute Gasteiger partial charge is 0.496 e. The van der Waals surface area contributed by atoms with Crippen LogP contribution in [0.4, 0.5) is 0 Å². The normalized spacial score (nSPS) is 19.4. The Morgan fingerprint density at radius 1 is 1.35 bits per heavy atom. The summed E-state index contributed by atoms with van der Waals surface area (Å²) in [5.41, 5.74) is 1.11. The zero-order valence-corrected chi connectivity index (χ0v) is 15.6. The van der Waals surface area contributed by atoms with E-state index >= 15 is 0 Å². The van der Waals surface area contributed by atoms with Gasteiger partial charge >= 0.3 is 0 Å². The number of nitrogens with zero attached hydrogens (tertiary/aromatic N) is 1. The fraction of sp³-hybridized carbons (Fsp3) is 0.625. The highest BCUT2D eigenvalue weighted by Crippen LogP contribution is 2.30. The van der Waals surface area contributed by atoms with Gasteiger partial charge in [-0.25, -0.2) is 8.42 Å². The lowest BCUT2D eigenvalue weighted by atomic mass is 10.0. The standard InChI is InChI=1S/C16H26N2O3S.ClH/c1-13(2)22(19,20)11-10-18-9-8-17-12-15(18)14-6-4-5-7-16(14)21-3;/h4-7,13,15,17H,8-12H2,1-3H3;1H. The first-order valence-electron chi connectivity index (χ1n) is 7.75. The van der Waals surface area contributed by atoms with Crippen molar-refractivity contribution in [2.24, 2.45) is 0 Å². The molecule has 1 fully saturated rings. The summed E-state index contributed by atoms with van der Waals surface area (Å²) in [6.07, 6.45) is 0. The van der Waals surface area contributed by atoms with Crippen LogP contribution >= 0.6 is 12.4 Å². The van der Waals surface area contributed by atoms with Crippen LogP contribution in [0.2, 0.25) is 0 Å². The third kappa shape index (κ3) is 5.08. The number of hydrogen-bond acceptors (Lipinski definition) is 5. The van der Waals surface area contributed by atoms with E-state index in [2.05, 4.69) is 16.3 Å². The fourth-order valence-corrected chi connectivity index (χ4v) is 3.70. The molecule has 1 aromatic rings. The number of methoxy groups -OCH3 is 1. The third-order valence-electron chi connectivity index (χ3n) is 4.23. The molecule has 0 spiro atoms. The maximum atomic E-state index is 12.1. The van der Waals surface area contributed by atoms with Crippen molar-refractivity contribution in [3.8, 4) is 5.75 Å². The summed E-state index contributed by atoms with van der Waals surface area (Å²) < 4.78 is 29.6. The average molecular weight is 363 g/mol. The van der Waals surface area contributed by atoms with Crippen LogP contribution in [0.5, 0.6) is 5.75 Å². The average Bonchev–Trinajstić information content (AvgIpc) is 2.53. The van der Waals surface area contributed by atoms with Crippen LogP contribution in [0.3, 0.4) is 0 Å². The Labute approximate surface area is 145 Å². The van der Waals surface area contributed by atoms with Crippen LogP contribution in [0.1, 0.15) is 25.5 Å². The Morgan fingerprint density at radius 2 is 2.04 bits per heavy atom. The molecule has 0 bridgehead atoms. The molecule has 1 atom stereocenters. The summed E-state index contributed by atoms with van der Waals surface area (Å²) in [6.45, 7) is 6.58. The Kier molecular flexibility index (Phi) is 7.80. The zero-order chi connectivity index (χ0) is 16.2. The number of hydrogen-bond donors (Lipinski definition) is 1. The molecule has 0 saturated carbocycles. The Bertz CT molecular complexity index is 593. The van der Waals surface area contributed by atoms with Gasteiger partial charge in [-0.1, -0.05) is 18.2 Å². The molecule has 132 valence electrons. The lowest BCUT2D eigenvalue weighted by molar-refractivity contribution is 0.168. The van der Waals surface area contributed by atoms with Gasteiger partial charge in [0.25, 0.3) is 0 Å². The van der Waals surface area contributed by atoms with Gasteiger partial charge in [0.1, 0.15) is 5.75 Å². The van der Waals surface area contributed by atoms with E-state index in [-0.39, 0.29) is 29.5 Å². The maximum absolute atomic E-state index is 12.1. The number of piperazine rings is 1. The minimum atomic E-state index is -3.01. The zero-order valence-electron chi connectivity index (χ0n) is 14.0. The Morgan fingerprint density at radius 3 is 2.70 bits per heavy atom. The SMILES string of the molecule is COc1ccccc1C1CNCCN1CCS(=O)(=O)C(C)C.Cl. The molecule has 1 aliphatic rings. The number of rotatable bonds is 6. The van der Waals surface area contributed by atoms with Crippen molar-refractivity contribution >= 4 is 22.2 Å². The van der Waals surface area contributed by atoms with Crippen molar-refractivity contribution in [3.63, 3.8) is 0 Å². The van der Waals surface area contributed by atoms with Crippen LogP contribution < -0.4 is 10.1 Å². The first-order chi connectivity index (χ1) is 10.5. The lowest BCUT2D eigenvalue weighted by Crippen LogP contribution is -2.47. The Balaban J connectivity index is 0.00000264. The molecule has 0 aliphatic carbocycles. The van der Waals surface area contributed by atoms with E-state index in [4.69, 9.17) is 4.74 Å². The number of halogens is 1. The molecular formula is C16H27ClN2O3S. The van der Waals surface area contributed by atoms with Crippen molar-refractivity contribution in [2.45, 2.75) is 25.1 Å². The Hall–Kier alpha value is -0.820. The number of para-hydroxylation sites is 1. The molecule has 1 heterocycles. The van der Waals surface area contributed by atoms with Crippen molar-refractivity contribution < 1.29 is 13.2 Å². The molecule has 23 heavy (non-hydrogen) atoms. The van der Waals surface area contributed by atoms with Crippen molar-refractivity contribution in [3.05, 3.63) is 29.8 Å². The molecular weight excluding hydrogens is 336 g/mol. The van der Waals surface area contributed by atoms with Crippen LogP contribution in [-0.2, 0) is 9.84 Å². The van der Waals surface area contributed by atoms with Gasteiger partial charge in [0.15, 0.2) is 9.84 Å². The van der Waals surface area contributed by atoms with Crippen molar-refractivity contribution in [1.82, 2.24) is 10.2 Å².